The summed E-state index contributed by atoms with van der Waals surface area (Å²) >= 11 is 1.23. The third-order valence-corrected chi connectivity index (χ3v) is 5.11. The van der Waals surface area contributed by atoms with E-state index in [2.05, 4.69) is 5.32 Å². The standard InChI is InChI=1S/C21H18N2O6S/c1-2-28-21(25)20-17(12-18(30-20)14-6-4-3-5-7-14)22-19(24)13-29-16-10-8-15(9-11-16)23(26)27/h3-12H,2,13H2,1H3,(H,22,24). The van der Waals surface area contributed by atoms with Crippen molar-refractivity contribution in [3.63, 3.8) is 0 Å². The van der Waals surface area contributed by atoms with E-state index in [1.165, 1.54) is 35.6 Å². The maximum atomic E-state index is 12.3. The summed E-state index contributed by atoms with van der Waals surface area (Å²) in [5.41, 5.74) is 1.18. The van der Waals surface area contributed by atoms with Crippen LogP contribution < -0.4 is 10.1 Å². The summed E-state index contributed by atoms with van der Waals surface area (Å²) in [4.78, 5) is 35.9. The highest BCUT2D eigenvalue weighted by Gasteiger charge is 2.20. The zero-order chi connectivity index (χ0) is 21.5. The molecule has 3 aromatic rings. The number of nitro groups is 1. The fourth-order valence-electron chi connectivity index (χ4n) is 2.58. The second-order valence-corrected chi connectivity index (χ2v) is 7.08. The molecule has 3 rings (SSSR count). The van der Waals surface area contributed by atoms with Gasteiger partial charge in [-0.15, -0.1) is 11.3 Å². The van der Waals surface area contributed by atoms with Gasteiger partial charge >= 0.3 is 5.97 Å². The van der Waals surface area contributed by atoms with Crippen LogP contribution in [0.2, 0.25) is 0 Å². The molecule has 0 unspecified atom stereocenters. The molecule has 2 aromatic carbocycles. The van der Waals surface area contributed by atoms with E-state index in [1.54, 1.807) is 13.0 Å². The first-order chi connectivity index (χ1) is 14.5. The summed E-state index contributed by atoms with van der Waals surface area (Å²) in [7, 11) is 0. The molecule has 0 bridgehead atoms. The zero-order valence-electron chi connectivity index (χ0n) is 16.0. The van der Waals surface area contributed by atoms with Crippen molar-refractivity contribution >= 4 is 34.6 Å². The average molecular weight is 426 g/mol. The second kappa shape index (κ2) is 9.66. The number of nitro benzene ring substituents is 1. The number of anilines is 1. The number of carbonyl (C=O) groups is 2. The highest BCUT2D eigenvalue weighted by Crippen LogP contribution is 2.35. The molecule has 30 heavy (non-hydrogen) atoms. The van der Waals surface area contributed by atoms with E-state index >= 15 is 0 Å². The van der Waals surface area contributed by atoms with E-state index in [0.717, 1.165) is 10.4 Å². The number of ether oxygens (including phenoxy) is 2. The van der Waals surface area contributed by atoms with Gasteiger partial charge in [-0.2, -0.15) is 0 Å². The van der Waals surface area contributed by atoms with Crippen LogP contribution in [0.25, 0.3) is 10.4 Å². The summed E-state index contributed by atoms with van der Waals surface area (Å²) < 4.78 is 10.5. The molecular formula is C21H18N2O6S. The molecule has 0 saturated carbocycles. The molecule has 0 aliphatic rings. The lowest BCUT2D eigenvalue weighted by atomic mass is 10.2. The summed E-state index contributed by atoms with van der Waals surface area (Å²) in [6.07, 6.45) is 0. The Morgan fingerprint density at radius 3 is 2.43 bits per heavy atom. The number of nitrogens with one attached hydrogen (secondary N) is 1. The van der Waals surface area contributed by atoms with Gasteiger partial charge in [0, 0.05) is 17.0 Å². The number of benzene rings is 2. The summed E-state index contributed by atoms with van der Waals surface area (Å²) in [6, 6.07) is 16.6. The van der Waals surface area contributed by atoms with Crippen LogP contribution in [-0.2, 0) is 9.53 Å². The third kappa shape index (κ3) is 5.21. The predicted molar refractivity (Wildman–Crippen MR) is 113 cm³/mol. The van der Waals surface area contributed by atoms with Crippen LogP contribution in [0, 0.1) is 10.1 Å². The summed E-state index contributed by atoms with van der Waals surface area (Å²) in [5.74, 6) is -0.677. The van der Waals surface area contributed by atoms with Crippen molar-refractivity contribution < 1.29 is 24.0 Å². The number of esters is 1. The molecule has 0 saturated heterocycles. The van der Waals surface area contributed by atoms with Gasteiger partial charge in [-0.25, -0.2) is 4.79 Å². The van der Waals surface area contributed by atoms with E-state index in [4.69, 9.17) is 9.47 Å². The van der Waals surface area contributed by atoms with Gasteiger partial charge in [0.25, 0.3) is 11.6 Å². The van der Waals surface area contributed by atoms with E-state index < -0.39 is 16.8 Å². The number of non-ortho nitro benzene ring substituents is 1. The van der Waals surface area contributed by atoms with Crippen LogP contribution in [-0.4, -0.2) is 30.0 Å². The lowest BCUT2D eigenvalue weighted by Crippen LogP contribution is -2.21. The molecule has 0 aliphatic carbocycles. The average Bonchev–Trinajstić information content (AvgIpc) is 3.17. The number of thiophene rings is 1. The summed E-state index contributed by atoms with van der Waals surface area (Å²) in [6.45, 7) is 1.60. The normalized spacial score (nSPS) is 10.3. The monoisotopic (exact) mass is 426 g/mol. The van der Waals surface area contributed by atoms with Crippen LogP contribution in [0.5, 0.6) is 5.75 Å². The smallest absolute Gasteiger partial charge is 0.350 e. The largest absolute Gasteiger partial charge is 0.484 e. The van der Waals surface area contributed by atoms with Crippen LogP contribution in [0.4, 0.5) is 11.4 Å². The number of amides is 1. The van der Waals surface area contributed by atoms with Crippen molar-refractivity contribution in [2.24, 2.45) is 0 Å². The van der Waals surface area contributed by atoms with Crippen LogP contribution in [0.1, 0.15) is 16.6 Å². The molecule has 1 N–H and O–H groups in total. The maximum Gasteiger partial charge on any atom is 0.350 e. The second-order valence-electron chi connectivity index (χ2n) is 6.03. The maximum absolute atomic E-state index is 12.3. The van der Waals surface area contributed by atoms with Crippen molar-refractivity contribution in [3.05, 3.63) is 75.7 Å². The molecule has 0 aliphatic heterocycles. The lowest BCUT2D eigenvalue weighted by Gasteiger charge is -2.08. The van der Waals surface area contributed by atoms with Crippen LogP contribution in [0.15, 0.2) is 60.7 Å². The quantitative estimate of drug-likeness (QED) is 0.322. The Kier molecular flexibility index (Phi) is 6.76. The van der Waals surface area contributed by atoms with Crippen molar-refractivity contribution in [1.82, 2.24) is 0 Å². The first-order valence-corrected chi connectivity index (χ1v) is 9.83. The minimum absolute atomic E-state index is 0.0717. The third-order valence-electron chi connectivity index (χ3n) is 3.94. The highest BCUT2D eigenvalue weighted by atomic mass is 32.1. The van der Waals surface area contributed by atoms with Crippen molar-refractivity contribution in [2.75, 3.05) is 18.5 Å². The van der Waals surface area contributed by atoms with Crippen molar-refractivity contribution in [2.45, 2.75) is 6.92 Å². The van der Waals surface area contributed by atoms with E-state index in [9.17, 15) is 19.7 Å². The molecule has 0 radical (unpaired) electrons. The molecule has 0 spiro atoms. The fourth-order valence-corrected chi connectivity index (χ4v) is 3.59. The van der Waals surface area contributed by atoms with E-state index in [1.807, 2.05) is 30.3 Å². The van der Waals surface area contributed by atoms with Crippen molar-refractivity contribution in [3.8, 4) is 16.2 Å². The Hall–Kier alpha value is -3.72. The molecule has 0 fully saturated rings. The first-order valence-electron chi connectivity index (χ1n) is 9.01. The van der Waals surface area contributed by atoms with Gasteiger partial charge in [0.05, 0.1) is 17.2 Å². The van der Waals surface area contributed by atoms with E-state index in [0.29, 0.717) is 16.3 Å². The van der Waals surface area contributed by atoms with Crippen molar-refractivity contribution in [1.29, 1.82) is 0 Å². The molecule has 0 atom stereocenters. The molecule has 1 aromatic heterocycles. The minimum atomic E-state index is -0.520. The summed E-state index contributed by atoms with van der Waals surface area (Å²) in [5, 5.41) is 13.4. The zero-order valence-corrected chi connectivity index (χ0v) is 16.8. The Labute approximate surface area is 176 Å². The van der Waals surface area contributed by atoms with Gasteiger partial charge in [-0.3, -0.25) is 14.9 Å². The Balaban J connectivity index is 1.72. The predicted octanol–water partition coefficient (Wildman–Crippen LogP) is 4.52. The Morgan fingerprint density at radius 2 is 1.80 bits per heavy atom. The highest BCUT2D eigenvalue weighted by molar-refractivity contribution is 7.18. The van der Waals surface area contributed by atoms with Crippen LogP contribution in [0.3, 0.4) is 0 Å². The SMILES string of the molecule is CCOC(=O)c1sc(-c2ccccc2)cc1NC(=O)COc1ccc([N+](=O)[O-])cc1. The molecule has 154 valence electrons. The number of rotatable bonds is 8. The van der Waals surface area contributed by atoms with E-state index in [-0.39, 0.29) is 18.9 Å². The van der Waals surface area contributed by atoms with Gasteiger partial charge in [-0.05, 0) is 30.7 Å². The van der Waals surface area contributed by atoms with Gasteiger partial charge in [0.15, 0.2) is 6.61 Å². The number of carbonyl (C=O) groups excluding carboxylic acids is 2. The molecule has 1 amide bonds. The molecule has 1 heterocycles. The topological polar surface area (TPSA) is 108 Å². The Morgan fingerprint density at radius 1 is 1.10 bits per heavy atom. The molecular weight excluding hydrogens is 408 g/mol. The van der Waals surface area contributed by atoms with Gasteiger partial charge < -0.3 is 14.8 Å². The number of hydrogen-bond acceptors (Lipinski definition) is 7. The minimum Gasteiger partial charge on any atom is -0.484 e. The Bertz CT molecular complexity index is 1050. The van der Waals surface area contributed by atoms with Gasteiger partial charge in [0.2, 0.25) is 0 Å². The number of nitrogens with zero attached hydrogens (tertiary/aromatic N) is 1. The van der Waals surface area contributed by atoms with Gasteiger partial charge in [-0.1, -0.05) is 30.3 Å². The molecule has 9 heteroatoms. The fraction of sp³-hybridized carbons (Fsp3) is 0.143. The number of hydrogen-bond donors (Lipinski definition) is 1. The van der Waals surface area contributed by atoms with Crippen LogP contribution >= 0.6 is 11.3 Å². The first kappa shape index (κ1) is 21.0. The van der Waals surface area contributed by atoms with Gasteiger partial charge in [0.1, 0.15) is 10.6 Å². The lowest BCUT2D eigenvalue weighted by molar-refractivity contribution is -0.384. The molecule has 8 nitrogen and oxygen atoms in total.